The van der Waals surface area contributed by atoms with Gasteiger partial charge in [-0.1, -0.05) is 6.08 Å². The molecule has 0 radical (unpaired) electrons. The smallest absolute Gasteiger partial charge is 0.263 e. The van der Waals surface area contributed by atoms with E-state index in [0.29, 0.717) is 11.4 Å². The highest BCUT2D eigenvalue weighted by molar-refractivity contribution is 7.13. The Morgan fingerprint density at radius 3 is 2.88 bits per heavy atom. The maximum atomic E-state index is 11.7. The van der Waals surface area contributed by atoms with Crippen molar-refractivity contribution in [3.05, 3.63) is 28.2 Å². The molecular formula is C11H17N3OS. The Labute approximate surface area is 100.0 Å². The molecule has 1 heterocycles. The predicted octanol–water partition coefficient (Wildman–Crippen LogP) is 1.43. The Morgan fingerprint density at radius 1 is 1.62 bits per heavy atom. The molecule has 1 N–H and O–H groups in total. The van der Waals surface area contributed by atoms with Gasteiger partial charge in [-0.2, -0.15) is 0 Å². The molecule has 5 heteroatoms. The number of nitrogens with zero attached hydrogens (tertiary/aromatic N) is 2. The fourth-order valence-corrected chi connectivity index (χ4v) is 2.35. The molecule has 4 nitrogen and oxygen atoms in total. The molecule has 0 spiro atoms. The Kier molecular flexibility index (Phi) is 4.64. The zero-order valence-corrected chi connectivity index (χ0v) is 10.7. The van der Waals surface area contributed by atoms with E-state index in [-0.39, 0.29) is 5.91 Å². The Morgan fingerprint density at radius 2 is 2.31 bits per heavy atom. The highest BCUT2D eigenvalue weighted by atomic mass is 32.1. The van der Waals surface area contributed by atoms with Crippen LogP contribution in [0.15, 0.2) is 12.7 Å². The number of carbonyl (C=O) groups excluding carboxylic acids is 1. The van der Waals surface area contributed by atoms with Gasteiger partial charge < -0.3 is 10.2 Å². The van der Waals surface area contributed by atoms with Crippen LogP contribution in [-0.2, 0) is 6.54 Å². The number of carbonyl (C=O) groups is 1. The second kappa shape index (κ2) is 5.77. The molecule has 0 aliphatic heterocycles. The molecule has 16 heavy (non-hydrogen) atoms. The number of hydrogen-bond acceptors (Lipinski definition) is 4. The standard InChI is InChI=1S/C11H17N3OS/c1-5-6-12-11(15)10-8(2)13-9(16-10)7-14(3)4/h5H,1,6-7H2,2-4H3,(H,12,15). The summed E-state index contributed by atoms with van der Waals surface area (Å²) in [5.74, 6) is -0.0695. The average molecular weight is 239 g/mol. The van der Waals surface area contributed by atoms with Gasteiger partial charge in [-0.05, 0) is 21.0 Å². The lowest BCUT2D eigenvalue weighted by molar-refractivity contribution is 0.0961. The zero-order valence-electron chi connectivity index (χ0n) is 9.91. The van der Waals surface area contributed by atoms with E-state index >= 15 is 0 Å². The van der Waals surface area contributed by atoms with Gasteiger partial charge in [0.2, 0.25) is 0 Å². The van der Waals surface area contributed by atoms with E-state index in [1.165, 1.54) is 11.3 Å². The molecule has 0 saturated carbocycles. The lowest BCUT2D eigenvalue weighted by Gasteiger charge is -2.04. The number of hydrogen-bond donors (Lipinski definition) is 1. The van der Waals surface area contributed by atoms with E-state index in [1.807, 2.05) is 25.9 Å². The summed E-state index contributed by atoms with van der Waals surface area (Å²) in [6.07, 6.45) is 1.66. The van der Waals surface area contributed by atoms with Crippen molar-refractivity contribution >= 4 is 17.2 Å². The molecule has 88 valence electrons. The van der Waals surface area contributed by atoms with Crippen molar-refractivity contribution in [2.45, 2.75) is 13.5 Å². The van der Waals surface area contributed by atoms with Gasteiger partial charge in [0.25, 0.3) is 5.91 Å². The van der Waals surface area contributed by atoms with Crippen LogP contribution in [0.25, 0.3) is 0 Å². The molecule has 1 aromatic heterocycles. The summed E-state index contributed by atoms with van der Waals surface area (Å²) in [6.45, 7) is 6.67. The van der Waals surface area contributed by atoms with E-state index in [2.05, 4.69) is 16.9 Å². The minimum Gasteiger partial charge on any atom is -0.348 e. The third kappa shape index (κ3) is 3.43. The molecule has 1 rings (SSSR count). The maximum Gasteiger partial charge on any atom is 0.263 e. The van der Waals surface area contributed by atoms with E-state index in [1.54, 1.807) is 6.08 Å². The first-order valence-corrected chi connectivity index (χ1v) is 5.86. The van der Waals surface area contributed by atoms with Crippen LogP contribution < -0.4 is 5.32 Å². The fraction of sp³-hybridized carbons (Fsp3) is 0.455. The summed E-state index contributed by atoms with van der Waals surface area (Å²) >= 11 is 1.45. The fourth-order valence-electron chi connectivity index (χ4n) is 1.25. The largest absolute Gasteiger partial charge is 0.348 e. The van der Waals surface area contributed by atoms with Gasteiger partial charge in [-0.15, -0.1) is 17.9 Å². The lowest BCUT2D eigenvalue weighted by atomic mass is 10.3. The number of amides is 1. The Balaban J connectivity index is 2.76. The van der Waals surface area contributed by atoms with Gasteiger partial charge in [-0.25, -0.2) is 4.98 Å². The first-order valence-electron chi connectivity index (χ1n) is 5.04. The summed E-state index contributed by atoms with van der Waals surface area (Å²) in [5, 5.41) is 3.72. The minimum atomic E-state index is -0.0695. The van der Waals surface area contributed by atoms with Crippen LogP contribution in [0.4, 0.5) is 0 Å². The molecule has 1 amide bonds. The number of aromatic nitrogens is 1. The lowest BCUT2D eigenvalue weighted by Crippen LogP contribution is -2.22. The summed E-state index contributed by atoms with van der Waals surface area (Å²) in [4.78, 5) is 18.8. The summed E-state index contributed by atoms with van der Waals surface area (Å²) < 4.78 is 0. The normalized spacial score (nSPS) is 10.5. The SMILES string of the molecule is C=CCNC(=O)c1sc(CN(C)C)nc1C. The zero-order chi connectivity index (χ0) is 12.1. The molecule has 1 aromatic rings. The molecule has 0 bridgehead atoms. The number of thiazole rings is 1. The van der Waals surface area contributed by atoms with Crippen molar-refractivity contribution in [1.82, 2.24) is 15.2 Å². The van der Waals surface area contributed by atoms with Crippen molar-refractivity contribution < 1.29 is 4.79 Å². The Hall–Kier alpha value is -1.20. The highest BCUT2D eigenvalue weighted by Gasteiger charge is 2.14. The van der Waals surface area contributed by atoms with Crippen LogP contribution in [0.5, 0.6) is 0 Å². The van der Waals surface area contributed by atoms with Crippen molar-refractivity contribution in [2.75, 3.05) is 20.6 Å². The van der Waals surface area contributed by atoms with E-state index < -0.39 is 0 Å². The number of rotatable bonds is 5. The van der Waals surface area contributed by atoms with Gasteiger partial charge in [0, 0.05) is 13.1 Å². The van der Waals surface area contributed by atoms with Crippen molar-refractivity contribution in [3.8, 4) is 0 Å². The second-order valence-corrected chi connectivity index (χ2v) is 4.84. The first-order chi connectivity index (χ1) is 7.54. The molecule has 0 unspecified atom stereocenters. The highest BCUT2D eigenvalue weighted by Crippen LogP contribution is 2.18. The van der Waals surface area contributed by atoms with Gasteiger partial charge in [-0.3, -0.25) is 4.79 Å². The van der Waals surface area contributed by atoms with Gasteiger partial charge in [0.15, 0.2) is 0 Å². The summed E-state index contributed by atoms with van der Waals surface area (Å²) in [5.41, 5.74) is 0.795. The minimum absolute atomic E-state index is 0.0695. The second-order valence-electron chi connectivity index (χ2n) is 3.76. The first kappa shape index (κ1) is 12.9. The van der Waals surface area contributed by atoms with E-state index in [9.17, 15) is 4.79 Å². The molecular weight excluding hydrogens is 222 g/mol. The van der Waals surface area contributed by atoms with E-state index in [4.69, 9.17) is 0 Å². The van der Waals surface area contributed by atoms with Crippen LogP contribution in [0.3, 0.4) is 0 Å². The number of nitrogens with one attached hydrogen (secondary N) is 1. The molecule has 0 fully saturated rings. The van der Waals surface area contributed by atoms with Crippen molar-refractivity contribution in [1.29, 1.82) is 0 Å². The van der Waals surface area contributed by atoms with Crippen LogP contribution >= 0.6 is 11.3 Å². The summed E-state index contributed by atoms with van der Waals surface area (Å²) in [6, 6.07) is 0. The van der Waals surface area contributed by atoms with Crippen LogP contribution in [0.2, 0.25) is 0 Å². The van der Waals surface area contributed by atoms with Crippen LogP contribution in [-0.4, -0.2) is 36.4 Å². The summed E-state index contributed by atoms with van der Waals surface area (Å²) in [7, 11) is 3.96. The average Bonchev–Trinajstić information content (AvgIpc) is 2.54. The van der Waals surface area contributed by atoms with E-state index in [0.717, 1.165) is 17.2 Å². The topological polar surface area (TPSA) is 45.2 Å². The van der Waals surface area contributed by atoms with Crippen LogP contribution in [0, 0.1) is 6.92 Å². The quantitative estimate of drug-likeness (QED) is 0.791. The van der Waals surface area contributed by atoms with Crippen molar-refractivity contribution in [2.24, 2.45) is 0 Å². The third-order valence-corrected chi connectivity index (χ3v) is 3.05. The van der Waals surface area contributed by atoms with Gasteiger partial charge >= 0.3 is 0 Å². The molecule has 0 aromatic carbocycles. The van der Waals surface area contributed by atoms with Gasteiger partial charge in [0.1, 0.15) is 9.88 Å². The number of aryl methyl sites for hydroxylation is 1. The predicted molar refractivity (Wildman–Crippen MR) is 66.8 cm³/mol. The monoisotopic (exact) mass is 239 g/mol. The Bertz CT molecular complexity index is 385. The molecule has 0 saturated heterocycles. The van der Waals surface area contributed by atoms with Gasteiger partial charge in [0.05, 0.1) is 5.69 Å². The molecule has 0 atom stereocenters. The van der Waals surface area contributed by atoms with Crippen LogP contribution in [0.1, 0.15) is 20.4 Å². The maximum absolute atomic E-state index is 11.7. The molecule has 0 aliphatic rings. The third-order valence-electron chi connectivity index (χ3n) is 1.91. The molecule has 0 aliphatic carbocycles. The van der Waals surface area contributed by atoms with Crippen molar-refractivity contribution in [3.63, 3.8) is 0 Å².